The molecule has 9 heteroatoms. The lowest BCUT2D eigenvalue weighted by molar-refractivity contribution is -0.121. The van der Waals surface area contributed by atoms with E-state index in [0.29, 0.717) is 24.8 Å². The summed E-state index contributed by atoms with van der Waals surface area (Å²) in [6.45, 7) is 5.19. The Bertz CT molecular complexity index is 418. The van der Waals surface area contributed by atoms with E-state index in [1.165, 1.54) is 0 Å². The number of hydrogen-bond donors (Lipinski definition) is 2. The number of halogens is 3. The van der Waals surface area contributed by atoms with E-state index in [-0.39, 0.29) is 19.1 Å². The number of nitrogens with zero attached hydrogens (tertiary/aromatic N) is 1. The highest BCUT2D eigenvalue weighted by Gasteiger charge is 2.33. The molecule has 1 fully saturated rings. The Morgan fingerprint density at radius 3 is 2.14 bits per heavy atom. The molecule has 1 heterocycles. The van der Waals surface area contributed by atoms with Gasteiger partial charge in [0.05, 0.1) is 0 Å². The molecule has 21 heavy (non-hydrogen) atoms. The zero-order chi connectivity index (χ0) is 16.3. The maximum atomic E-state index is 12.1. The van der Waals surface area contributed by atoms with Gasteiger partial charge in [0.2, 0.25) is 0 Å². The first-order valence-electron chi connectivity index (χ1n) is 7.09. The lowest BCUT2D eigenvalue weighted by atomic mass is 10.0. The van der Waals surface area contributed by atoms with Crippen molar-refractivity contribution in [2.75, 3.05) is 19.6 Å². The van der Waals surface area contributed by atoms with Crippen LogP contribution in [0.15, 0.2) is 0 Å². The Morgan fingerprint density at radius 2 is 1.71 bits per heavy atom. The molecule has 0 spiro atoms. The summed E-state index contributed by atoms with van der Waals surface area (Å²) in [7, 11) is -4.05. The van der Waals surface area contributed by atoms with Gasteiger partial charge in [0.1, 0.15) is 6.54 Å². The minimum atomic E-state index is -4.54. The Labute approximate surface area is 124 Å². The Kier molecular flexibility index (Phi) is 6.45. The van der Waals surface area contributed by atoms with Crippen LogP contribution in [0.1, 0.15) is 33.6 Å². The molecule has 0 radical (unpaired) electrons. The SMILES string of the molecule is CC(C)C(C)NC1CCN(S(=O)(=O)NCC(F)(F)F)CC1. The first-order valence-corrected chi connectivity index (χ1v) is 8.53. The van der Waals surface area contributed by atoms with Gasteiger partial charge in [-0.2, -0.15) is 30.6 Å². The van der Waals surface area contributed by atoms with Crippen LogP contribution in [0.2, 0.25) is 0 Å². The Hall–Kier alpha value is -0.380. The smallest absolute Gasteiger partial charge is 0.311 e. The molecule has 0 amide bonds. The quantitative estimate of drug-likeness (QED) is 0.775. The predicted molar refractivity (Wildman–Crippen MR) is 75.0 cm³/mol. The predicted octanol–water partition coefficient (Wildman–Crippen LogP) is 1.48. The summed E-state index contributed by atoms with van der Waals surface area (Å²) in [5, 5.41) is 3.42. The number of alkyl halides is 3. The maximum absolute atomic E-state index is 12.1. The van der Waals surface area contributed by atoms with Crippen LogP contribution in [-0.2, 0) is 10.2 Å². The van der Waals surface area contributed by atoms with E-state index in [4.69, 9.17) is 0 Å². The first-order chi connectivity index (χ1) is 9.51. The minimum absolute atomic E-state index is 0.205. The average Bonchev–Trinajstić information content (AvgIpc) is 2.36. The van der Waals surface area contributed by atoms with Crippen molar-refractivity contribution in [2.45, 2.75) is 51.9 Å². The van der Waals surface area contributed by atoms with E-state index in [9.17, 15) is 21.6 Å². The summed E-state index contributed by atoms with van der Waals surface area (Å²) in [5.74, 6) is 0.472. The molecular weight excluding hydrogens is 307 g/mol. The molecule has 1 unspecified atom stereocenters. The van der Waals surface area contributed by atoms with Gasteiger partial charge in [-0.25, -0.2) is 0 Å². The van der Waals surface area contributed by atoms with Crippen LogP contribution in [-0.4, -0.2) is 50.6 Å². The molecule has 0 aromatic heterocycles. The molecule has 1 aliphatic heterocycles. The van der Waals surface area contributed by atoms with Gasteiger partial charge in [-0.3, -0.25) is 0 Å². The summed E-state index contributed by atoms with van der Waals surface area (Å²) in [6, 6.07) is 0.526. The van der Waals surface area contributed by atoms with E-state index in [2.05, 4.69) is 26.1 Å². The van der Waals surface area contributed by atoms with Gasteiger partial charge in [0.15, 0.2) is 0 Å². The molecule has 2 N–H and O–H groups in total. The average molecular weight is 331 g/mol. The van der Waals surface area contributed by atoms with Crippen molar-refractivity contribution in [3.63, 3.8) is 0 Å². The van der Waals surface area contributed by atoms with Crippen molar-refractivity contribution in [3.05, 3.63) is 0 Å². The van der Waals surface area contributed by atoms with Crippen molar-refractivity contribution < 1.29 is 21.6 Å². The molecular formula is C12H24F3N3O2S. The number of rotatable bonds is 6. The molecule has 0 bridgehead atoms. The van der Waals surface area contributed by atoms with Gasteiger partial charge in [-0.05, 0) is 25.7 Å². The van der Waals surface area contributed by atoms with Crippen molar-refractivity contribution in [2.24, 2.45) is 5.92 Å². The van der Waals surface area contributed by atoms with Gasteiger partial charge in [-0.15, -0.1) is 0 Å². The van der Waals surface area contributed by atoms with Gasteiger partial charge < -0.3 is 5.32 Å². The molecule has 0 aromatic carbocycles. The van der Waals surface area contributed by atoms with Crippen molar-refractivity contribution >= 4 is 10.2 Å². The zero-order valence-corrected chi connectivity index (χ0v) is 13.4. The van der Waals surface area contributed by atoms with Crippen molar-refractivity contribution in [3.8, 4) is 0 Å². The van der Waals surface area contributed by atoms with Crippen LogP contribution < -0.4 is 10.0 Å². The normalized spacial score (nSPS) is 20.9. The van der Waals surface area contributed by atoms with Crippen molar-refractivity contribution in [1.82, 2.24) is 14.3 Å². The Morgan fingerprint density at radius 1 is 1.19 bits per heavy atom. The highest BCUT2D eigenvalue weighted by atomic mass is 32.2. The van der Waals surface area contributed by atoms with Crippen LogP contribution in [0.3, 0.4) is 0 Å². The Balaban J connectivity index is 2.45. The largest absolute Gasteiger partial charge is 0.402 e. The van der Waals surface area contributed by atoms with Crippen molar-refractivity contribution in [1.29, 1.82) is 0 Å². The second kappa shape index (κ2) is 7.26. The highest BCUT2D eigenvalue weighted by molar-refractivity contribution is 7.87. The van der Waals surface area contributed by atoms with Crippen LogP contribution >= 0.6 is 0 Å². The minimum Gasteiger partial charge on any atom is -0.311 e. The van der Waals surface area contributed by atoms with Gasteiger partial charge in [0, 0.05) is 25.2 Å². The molecule has 1 atom stereocenters. The standard InChI is InChI=1S/C12H24F3N3O2S/c1-9(2)10(3)17-11-4-6-18(7-5-11)21(19,20)16-8-12(13,14)15/h9-11,16-17H,4-8H2,1-3H3. The third kappa shape index (κ3) is 6.50. The molecule has 5 nitrogen and oxygen atoms in total. The van der Waals surface area contributed by atoms with Crippen LogP contribution in [0.25, 0.3) is 0 Å². The lowest BCUT2D eigenvalue weighted by Crippen LogP contribution is -2.51. The van der Waals surface area contributed by atoms with Gasteiger partial charge in [0.25, 0.3) is 10.2 Å². The van der Waals surface area contributed by atoms with E-state index in [1.807, 2.05) is 0 Å². The second-order valence-electron chi connectivity index (χ2n) is 5.81. The van der Waals surface area contributed by atoms with Gasteiger partial charge >= 0.3 is 6.18 Å². The fourth-order valence-electron chi connectivity index (χ4n) is 2.09. The summed E-state index contributed by atoms with van der Waals surface area (Å²) in [4.78, 5) is 0. The van der Waals surface area contributed by atoms with Crippen LogP contribution in [0, 0.1) is 5.92 Å². The highest BCUT2D eigenvalue weighted by Crippen LogP contribution is 2.17. The molecule has 126 valence electrons. The first kappa shape index (κ1) is 18.7. The topological polar surface area (TPSA) is 61.4 Å². The number of nitrogens with one attached hydrogen (secondary N) is 2. The van der Waals surface area contributed by atoms with Gasteiger partial charge in [-0.1, -0.05) is 13.8 Å². The number of hydrogen-bond acceptors (Lipinski definition) is 3. The van der Waals surface area contributed by atoms with Crippen LogP contribution in [0.5, 0.6) is 0 Å². The lowest BCUT2D eigenvalue weighted by Gasteiger charge is -2.34. The summed E-state index contributed by atoms with van der Waals surface area (Å²) in [5.41, 5.74) is 0. The third-order valence-corrected chi connectivity index (χ3v) is 5.30. The van der Waals surface area contributed by atoms with E-state index >= 15 is 0 Å². The van der Waals surface area contributed by atoms with E-state index in [1.54, 1.807) is 4.72 Å². The van der Waals surface area contributed by atoms with Crippen LogP contribution in [0.4, 0.5) is 13.2 Å². The second-order valence-corrected chi connectivity index (χ2v) is 7.57. The number of piperidine rings is 1. The summed E-state index contributed by atoms with van der Waals surface area (Å²) < 4.78 is 62.4. The fraction of sp³-hybridized carbons (Fsp3) is 1.00. The van der Waals surface area contributed by atoms with E-state index in [0.717, 1.165) is 4.31 Å². The fourth-order valence-corrected chi connectivity index (χ4v) is 3.31. The molecule has 1 saturated heterocycles. The maximum Gasteiger partial charge on any atom is 0.402 e. The molecule has 0 aromatic rings. The van der Waals surface area contributed by atoms with E-state index < -0.39 is 22.9 Å². The summed E-state index contributed by atoms with van der Waals surface area (Å²) in [6.07, 6.45) is -3.34. The molecule has 0 aliphatic carbocycles. The monoisotopic (exact) mass is 331 g/mol. The zero-order valence-electron chi connectivity index (χ0n) is 12.6. The third-order valence-electron chi connectivity index (χ3n) is 3.75. The molecule has 1 rings (SSSR count). The molecule has 0 saturated carbocycles. The molecule has 1 aliphatic rings. The summed E-state index contributed by atoms with van der Waals surface area (Å²) >= 11 is 0.